The fraction of sp³-hybridized carbons (Fsp3) is 0.600. The first-order valence-electron chi connectivity index (χ1n) is 6.75. The number of fused-ring (bicyclic) bond motifs is 1. The minimum absolute atomic E-state index is 0.371. The molecule has 2 heteroatoms. The van der Waals surface area contributed by atoms with Gasteiger partial charge in [-0.15, -0.1) is 0 Å². The van der Waals surface area contributed by atoms with Crippen molar-refractivity contribution in [1.29, 1.82) is 0 Å². The summed E-state index contributed by atoms with van der Waals surface area (Å²) in [4.78, 5) is 0. The number of ether oxygens (including phenoxy) is 1. The SMILES string of the molecule is CC1(NCc2ccc3c(c2)CCO3)CCCC1. The summed E-state index contributed by atoms with van der Waals surface area (Å²) in [5.74, 6) is 1.08. The molecule has 1 fully saturated rings. The first-order valence-corrected chi connectivity index (χ1v) is 6.75. The summed E-state index contributed by atoms with van der Waals surface area (Å²) >= 11 is 0. The number of hydrogen-bond acceptors (Lipinski definition) is 2. The standard InChI is InChI=1S/C15H21NO/c1-15(7-2-3-8-15)16-11-12-4-5-14-13(10-12)6-9-17-14/h4-5,10,16H,2-3,6-9,11H2,1H3. The van der Waals surface area contributed by atoms with Gasteiger partial charge in [-0.3, -0.25) is 0 Å². The average molecular weight is 231 g/mol. The van der Waals surface area contributed by atoms with E-state index in [0.717, 1.165) is 25.3 Å². The van der Waals surface area contributed by atoms with Gasteiger partial charge in [-0.2, -0.15) is 0 Å². The molecule has 3 rings (SSSR count). The van der Waals surface area contributed by atoms with Crippen LogP contribution in [0.25, 0.3) is 0 Å². The van der Waals surface area contributed by atoms with Crippen LogP contribution in [0.2, 0.25) is 0 Å². The van der Waals surface area contributed by atoms with Gasteiger partial charge >= 0.3 is 0 Å². The lowest BCUT2D eigenvalue weighted by Crippen LogP contribution is -2.38. The Balaban J connectivity index is 1.65. The Morgan fingerprint density at radius 2 is 2.12 bits per heavy atom. The zero-order chi connectivity index (χ0) is 11.7. The molecule has 0 unspecified atom stereocenters. The second-order valence-corrected chi connectivity index (χ2v) is 5.66. The molecule has 1 N–H and O–H groups in total. The van der Waals surface area contributed by atoms with Crippen molar-refractivity contribution < 1.29 is 4.74 Å². The normalized spacial score (nSPS) is 21.2. The average Bonchev–Trinajstić information content (AvgIpc) is 2.95. The molecule has 1 aromatic carbocycles. The van der Waals surface area contributed by atoms with Gasteiger partial charge in [0.2, 0.25) is 0 Å². The molecule has 0 spiro atoms. The topological polar surface area (TPSA) is 21.3 Å². The van der Waals surface area contributed by atoms with Gasteiger partial charge in [-0.05, 0) is 37.0 Å². The molecule has 0 saturated heterocycles. The van der Waals surface area contributed by atoms with E-state index in [9.17, 15) is 0 Å². The van der Waals surface area contributed by atoms with E-state index in [-0.39, 0.29) is 0 Å². The molecule has 1 aromatic rings. The maximum atomic E-state index is 5.53. The van der Waals surface area contributed by atoms with Crippen molar-refractivity contribution in [2.75, 3.05) is 6.61 Å². The van der Waals surface area contributed by atoms with Crippen LogP contribution in [0.15, 0.2) is 18.2 Å². The largest absolute Gasteiger partial charge is 0.493 e. The zero-order valence-electron chi connectivity index (χ0n) is 10.6. The van der Waals surface area contributed by atoms with Gasteiger partial charge in [0.1, 0.15) is 5.75 Å². The summed E-state index contributed by atoms with van der Waals surface area (Å²) in [6.07, 6.45) is 6.46. The molecule has 0 aromatic heterocycles. The van der Waals surface area contributed by atoms with E-state index in [4.69, 9.17) is 4.74 Å². The summed E-state index contributed by atoms with van der Waals surface area (Å²) < 4.78 is 5.53. The lowest BCUT2D eigenvalue weighted by atomic mass is 10.00. The third-order valence-corrected chi connectivity index (χ3v) is 4.18. The summed E-state index contributed by atoms with van der Waals surface area (Å²) in [6, 6.07) is 6.61. The summed E-state index contributed by atoms with van der Waals surface area (Å²) in [5.41, 5.74) is 3.14. The maximum Gasteiger partial charge on any atom is 0.122 e. The van der Waals surface area contributed by atoms with Gasteiger partial charge in [0.15, 0.2) is 0 Å². The van der Waals surface area contributed by atoms with Crippen LogP contribution in [0.1, 0.15) is 43.7 Å². The molecule has 2 nitrogen and oxygen atoms in total. The van der Waals surface area contributed by atoms with Crippen molar-refractivity contribution in [3.05, 3.63) is 29.3 Å². The number of hydrogen-bond donors (Lipinski definition) is 1. The Morgan fingerprint density at radius 3 is 2.94 bits per heavy atom. The third-order valence-electron chi connectivity index (χ3n) is 4.18. The predicted octanol–water partition coefficient (Wildman–Crippen LogP) is 3.04. The van der Waals surface area contributed by atoms with Gasteiger partial charge in [0, 0.05) is 18.5 Å². The van der Waals surface area contributed by atoms with Gasteiger partial charge in [-0.1, -0.05) is 25.0 Å². The van der Waals surface area contributed by atoms with Crippen molar-refractivity contribution in [3.63, 3.8) is 0 Å². The first kappa shape index (κ1) is 11.1. The second-order valence-electron chi connectivity index (χ2n) is 5.66. The molecule has 1 heterocycles. The second kappa shape index (κ2) is 4.34. The van der Waals surface area contributed by atoms with E-state index in [1.54, 1.807) is 0 Å². The lowest BCUT2D eigenvalue weighted by Gasteiger charge is -2.25. The van der Waals surface area contributed by atoms with E-state index >= 15 is 0 Å². The fourth-order valence-electron chi connectivity index (χ4n) is 3.00. The Hall–Kier alpha value is -1.02. The molecule has 1 saturated carbocycles. The highest BCUT2D eigenvalue weighted by molar-refractivity contribution is 5.39. The van der Waals surface area contributed by atoms with Crippen LogP contribution in [0.3, 0.4) is 0 Å². The number of nitrogens with one attached hydrogen (secondary N) is 1. The highest BCUT2D eigenvalue weighted by atomic mass is 16.5. The van der Waals surface area contributed by atoms with E-state index in [1.807, 2.05) is 0 Å². The Bertz CT molecular complexity index is 407. The molecule has 0 radical (unpaired) electrons. The Kier molecular flexibility index (Phi) is 2.83. The lowest BCUT2D eigenvalue weighted by molar-refractivity contribution is 0.356. The molecule has 17 heavy (non-hydrogen) atoms. The molecular formula is C15H21NO. The van der Waals surface area contributed by atoms with Crippen LogP contribution in [-0.4, -0.2) is 12.1 Å². The summed E-state index contributed by atoms with van der Waals surface area (Å²) in [6.45, 7) is 4.20. The van der Waals surface area contributed by atoms with Crippen LogP contribution in [0.4, 0.5) is 0 Å². The molecule has 1 aliphatic heterocycles. The van der Waals surface area contributed by atoms with Crippen molar-refractivity contribution in [2.45, 2.75) is 51.1 Å². The van der Waals surface area contributed by atoms with E-state index < -0.39 is 0 Å². The van der Waals surface area contributed by atoms with Crippen LogP contribution in [-0.2, 0) is 13.0 Å². The summed E-state index contributed by atoms with van der Waals surface area (Å²) in [5, 5.41) is 3.72. The molecule has 92 valence electrons. The van der Waals surface area contributed by atoms with Crippen LogP contribution in [0.5, 0.6) is 5.75 Å². The Morgan fingerprint density at radius 1 is 1.29 bits per heavy atom. The number of rotatable bonds is 3. The highest BCUT2D eigenvalue weighted by Crippen LogP contribution is 2.30. The van der Waals surface area contributed by atoms with E-state index in [1.165, 1.54) is 36.8 Å². The van der Waals surface area contributed by atoms with Gasteiger partial charge < -0.3 is 10.1 Å². The third kappa shape index (κ3) is 2.32. The van der Waals surface area contributed by atoms with Crippen LogP contribution < -0.4 is 10.1 Å². The van der Waals surface area contributed by atoms with Crippen molar-refractivity contribution in [3.8, 4) is 5.75 Å². The van der Waals surface area contributed by atoms with Gasteiger partial charge in [-0.25, -0.2) is 0 Å². The molecule has 0 atom stereocenters. The molecular weight excluding hydrogens is 210 g/mol. The van der Waals surface area contributed by atoms with Gasteiger partial charge in [0.25, 0.3) is 0 Å². The minimum atomic E-state index is 0.371. The fourth-order valence-corrected chi connectivity index (χ4v) is 3.00. The van der Waals surface area contributed by atoms with Crippen molar-refractivity contribution in [1.82, 2.24) is 5.32 Å². The monoisotopic (exact) mass is 231 g/mol. The molecule has 1 aliphatic carbocycles. The van der Waals surface area contributed by atoms with E-state index in [2.05, 4.69) is 30.4 Å². The first-order chi connectivity index (χ1) is 8.25. The summed E-state index contributed by atoms with van der Waals surface area (Å²) in [7, 11) is 0. The van der Waals surface area contributed by atoms with Crippen LogP contribution >= 0.6 is 0 Å². The zero-order valence-corrected chi connectivity index (χ0v) is 10.6. The quantitative estimate of drug-likeness (QED) is 0.863. The molecule has 0 bridgehead atoms. The molecule has 2 aliphatic rings. The highest BCUT2D eigenvalue weighted by Gasteiger charge is 2.27. The maximum absolute atomic E-state index is 5.53. The van der Waals surface area contributed by atoms with Gasteiger partial charge in [0.05, 0.1) is 6.61 Å². The predicted molar refractivity (Wildman–Crippen MR) is 69.4 cm³/mol. The van der Waals surface area contributed by atoms with Crippen molar-refractivity contribution >= 4 is 0 Å². The Labute approximate surface area is 103 Å². The number of benzene rings is 1. The van der Waals surface area contributed by atoms with E-state index in [0.29, 0.717) is 5.54 Å². The van der Waals surface area contributed by atoms with Crippen molar-refractivity contribution in [2.24, 2.45) is 0 Å². The van der Waals surface area contributed by atoms with Crippen LogP contribution in [0, 0.1) is 0 Å². The molecule has 0 amide bonds. The minimum Gasteiger partial charge on any atom is -0.493 e. The smallest absolute Gasteiger partial charge is 0.122 e.